The summed E-state index contributed by atoms with van der Waals surface area (Å²) in [5.41, 5.74) is 3.90. The van der Waals surface area contributed by atoms with Gasteiger partial charge in [-0.05, 0) is 68.9 Å². The van der Waals surface area contributed by atoms with E-state index in [0.717, 1.165) is 49.2 Å². The van der Waals surface area contributed by atoms with Crippen molar-refractivity contribution < 1.29 is 18.7 Å². The molecule has 0 spiro atoms. The molecular formula is C29H31Cl2FN4O3. The zero-order chi connectivity index (χ0) is 27.1. The van der Waals surface area contributed by atoms with E-state index < -0.39 is 0 Å². The van der Waals surface area contributed by atoms with Gasteiger partial charge in [0.25, 0.3) is 0 Å². The van der Waals surface area contributed by atoms with Crippen LogP contribution in [0.5, 0.6) is 0 Å². The van der Waals surface area contributed by atoms with Gasteiger partial charge in [-0.3, -0.25) is 4.79 Å². The molecule has 0 radical (unpaired) electrons. The van der Waals surface area contributed by atoms with Gasteiger partial charge in [-0.15, -0.1) is 5.10 Å². The average Bonchev–Trinajstić information content (AvgIpc) is 3.37. The summed E-state index contributed by atoms with van der Waals surface area (Å²) >= 11 is 13.0. The number of aromatic nitrogens is 3. The molecule has 0 unspecified atom stereocenters. The van der Waals surface area contributed by atoms with Crippen molar-refractivity contribution in [2.45, 2.75) is 70.1 Å². The van der Waals surface area contributed by atoms with Gasteiger partial charge in [0, 0.05) is 30.8 Å². The first-order valence-electron chi connectivity index (χ1n) is 13.6. The smallest absolute Gasteiger partial charge is 0.306 e. The van der Waals surface area contributed by atoms with Crippen molar-refractivity contribution in [1.29, 1.82) is 0 Å². The van der Waals surface area contributed by atoms with Crippen LogP contribution in [-0.4, -0.2) is 46.3 Å². The molecule has 2 saturated carbocycles. The summed E-state index contributed by atoms with van der Waals surface area (Å²) in [5, 5.41) is 9.90. The Balaban J connectivity index is 1.11. The predicted molar refractivity (Wildman–Crippen MR) is 147 cm³/mol. The molecule has 3 fully saturated rings. The number of benzene rings is 2. The van der Waals surface area contributed by atoms with Crippen LogP contribution in [0, 0.1) is 11.7 Å². The average molecular weight is 573 g/mol. The SMILES string of the molecule is CCOC(=O)CCc1ccc(N2C[C@@H]3C[C@H]2C[C@@H]3OCc2c(C3CC3)nnn2-c2c(Cl)cccc2Cl)c(F)c1. The van der Waals surface area contributed by atoms with Gasteiger partial charge < -0.3 is 14.4 Å². The quantitative estimate of drug-likeness (QED) is 0.267. The van der Waals surface area contributed by atoms with Crippen LogP contribution in [0.25, 0.3) is 5.69 Å². The number of halogens is 3. The molecule has 1 aromatic heterocycles. The highest BCUT2D eigenvalue weighted by molar-refractivity contribution is 6.37. The van der Waals surface area contributed by atoms with E-state index in [4.69, 9.17) is 32.7 Å². The fourth-order valence-corrected chi connectivity index (χ4v) is 6.56. The van der Waals surface area contributed by atoms with Crippen LogP contribution < -0.4 is 4.90 Å². The number of nitrogens with zero attached hydrogens (tertiary/aromatic N) is 4. The van der Waals surface area contributed by atoms with Crippen LogP contribution in [0.4, 0.5) is 10.1 Å². The van der Waals surface area contributed by atoms with E-state index in [1.54, 1.807) is 29.8 Å². The third-order valence-electron chi connectivity index (χ3n) is 8.06. The van der Waals surface area contributed by atoms with E-state index >= 15 is 4.39 Å². The number of rotatable bonds is 10. The lowest BCUT2D eigenvalue weighted by atomic mass is 10.0. The summed E-state index contributed by atoms with van der Waals surface area (Å²) in [7, 11) is 0. The summed E-state index contributed by atoms with van der Waals surface area (Å²) in [6.45, 7) is 3.25. The first-order valence-corrected chi connectivity index (χ1v) is 14.4. The molecule has 6 rings (SSSR count). The number of para-hydroxylation sites is 1. The summed E-state index contributed by atoms with van der Waals surface area (Å²) < 4.78 is 28.3. The van der Waals surface area contributed by atoms with Gasteiger partial charge in [-0.2, -0.15) is 0 Å². The van der Waals surface area contributed by atoms with Crippen LogP contribution >= 0.6 is 23.2 Å². The molecule has 3 atom stereocenters. The van der Waals surface area contributed by atoms with Gasteiger partial charge in [0.1, 0.15) is 11.5 Å². The Bertz CT molecular complexity index is 1360. The van der Waals surface area contributed by atoms with Crippen LogP contribution in [0.2, 0.25) is 10.0 Å². The van der Waals surface area contributed by atoms with Gasteiger partial charge in [0.05, 0.1) is 46.4 Å². The molecule has 206 valence electrons. The van der Waals surface area contributed by atoms with E-state index in [-0.39, 0.29) is 30.4 Å². The minimum Gasteiger partial charge on any atom is -0.466 e. The van der Waals surface area contributed by atoms with Gasteiger partial charge >= 0.3 is 5.97 Å². The highest BCUT2D eigenvalue weighted by atomic mass is 35.5. The van der Waals surface area contributed by atoms with Gasteiger partial charge in [-0.25, -0.2) is 9.07 Å². The van der Waals surface area contributed by atoms with E-state index in [9.17, 15) is 4.79 Å². The maximum atomic E-state index is 15.1. The second kappa shape index (κ2) is 11.1. The zero-order valence-electron chi connectivity index (χ0n) is 21.8. The van der Waals surface area contributed by atoms with E-state index in [1.165, 1.54) is 0 Å². The molecule has 2 bridgehead atoms. The topological polar surface area (TPSA) is 69.5 Å². The van der Waals surface area contributed by atoms with Crippen molar-refractivity contribution in [2.75, 3.05) is 18.1 Å². The number of piperidine rings is 1. The summed E-state index contributed by atoms with van der Waals surface area (Å²) in [6.07, 6.45) is 4.79. The number of hydrogen-bond acceptors (Lipinski definition) is 6. The number of fused-ring (bicyclic) bond motifs is 2. The van der Waals surface area contributed by atoms with Gasteiger partial charge in [0.2, 0.25) is 0 Å². The second-order valence-corrected chi connectivity index (χ2v) is 11.5. The maximum absolute atomic E-state index is 15.1. The molecule has 1 saturated heterocycles. The van der Waals surface area contributed by atoms with Crippen LogP contribution in [0.15, 0.2) is 36.4 Å². The standard InChI is InChI=1S/C29H31Cl2FN4O3/c1-2-38-27(37)11-7-17-6-10-24(23(32)12-17)35-15-19-13-20(35)14-26(19)39-16-25-28(18-8-9-18)33-34-36(25)29-21(30)4-3-5-22(29)31/h3-6,10,12,18-20,26H,2,7-9,11,13-16H2,1H3/t19-,20-,26-/m0/s1. The lowest BCUT2D eigenvalue weighted by Crippen LogP contribution is -2.39. The fourth-order valence-electron chi connectivity index (χ4n) is 6.00. The number of aryl methyl sites for hydroxylation is 1. The zero-order valence-corrected chi connectivity index (χ0v) is 23.3. The fraction of sp³-hybridized carbons (Fsp3) is 0.483. The number of carbonyl (C=O) groups is 1. The van der Waals surface area contributed by atoms with Gasteiger partial charge in [-0.1, -0.05) is 40.5 Å². The molecule has 2 heterocycles. The molecule has 1 aliphatic heterocycles. The lowest BCUT2D eigenvalue weighted by molar-refractivity contribution is -0.143. The van der Waals surface area contributed by atoms with Crippen LogP contribution in [0.1, 0.15) is 61.9 Å². The molecule has 2 aliphatic carbocycles. The largest absolute Gasteiger partial charge is 0.466 e. The number of carbonyl (C=O) groups excluding carboxylic acids is 1. The van der Waals surface area contributed by atoms with Crippen molar-refractivity contribution >= 4 is 34.9 Å². The molecule has 10 heteroatoms. The highest BCUT2D eigenvalue weighted by Crippen LogP contribution is 2.45. The minimum atomic E-state index is -0.261. The first-order chi connectivity index (χ1) is 18.9. The molecule has 7 nitrogen and oxygen atoms in total. The molecule has 2 aromatic carbocycles. The number of anilines is 1. The summed E-state index contributed by atoms with van der Waals surface area (Å²) in [6, 6.07) is 10.9. The summed E-state index contributed by atoms with van der Waals surface area (Å²) in [4.78, 5) is 13.8. The summed E-state index contributed by atoms with van der Waals surface area (Å²) in [5.74, 6) is 0.206. The monoisotopic (exact) mass is 572 g/mol. The van der Waals surface area contributed by atoms with Crippen molar-refractivity contribution in [3.63, 3.8) is 0 Å². The molecule has 0 N–H and O–H groups in total. The van der Waals surface area contributed by atoms with Crippen molar-refractivity contribution in [2.24, 2.45) is 5.92 Å². The molecule has 39 heavy (non-hydrogen) atoms. The molecule has 3 aromatic rings. The van der Waals surface area contributed by atoms with Crippen molar-refractivity contribution in [3.05, 3.63) is 69.2 Å². The Kier molecular flexibility index (Phi) is 7.53. The predicted octanol–water partition coefficient (Wildman–Crippen LogP) is 6.27. The highest BCUT2D eigenvalue weighted by Gasteiger charge is 2.46. The Hall–Kier alpha value is -2.68. The Labute approximate surface area is 237 Å². The van der Waals surface area contributed by atoms with Crippen molar-refractivity contribution in [3.8, 4) is 5.69 Å². The van der Waals surface area contributed by atoms with E-state index in [1.807, 2.05) is 18.2 Å². The maximum Gasteiger partial charge on any atom is 0.306 e. The minimum absolute atomic E-state index is 0.0790. The third kappa shape index (κ3) is 5.39. The third-order valence-corrected chi connectivity index (χ3v) is 8.67. The van der Waals surface area contributed by atoms with Crippen LogP contribution in [-0.2, 0) is 27.3 Å². The van der Waals surface area contributed by atoms with Crippen molar-refractivity contribution in [1.82, 2.24) is 15.0 Å². The normalized spacial score (nSPS) is 22.1. The van der Waals surface area contributed by atoms with Crippen LogP contribution in [0.3, 0.4) is 0 Å². The number of ether oxygens (including phenoxy) is 2. The molecule has 0 amide bonds. The first kappa shape index (κ1) is 26.5. The molecular weight excluding hydrogens is 542 g/mol. The van der Waals surface area contributed by atoms with E-state index in [2.05, 4.69) is 15.2 Å². The second-order valence-electron chi connectivity index (χ2n) is 10.7. The van der Waals surface area contributed by atoms with Gasteiger partial charge in [0.15, 0.2) is 0 Å². The van der Waals surface area contributed by atoms with E-state index in [0.29, 0.717) is 52.9 Å². The Morgan fingerprint density at radius 3 is 2.62 bits per heavy atom. The number of esters is 1. The Morgan fingerprint density at radius 2 is 1.95 bits per heavy atom. The molecule has 3 aliphatic rings. The Morgan fingerprint density at radius 1 is 1.15 bits per heavy atom. The number of hydrogen-bond donors (Lipinski definition) is 0. The lowest BCUT2D eigenvalue weighted by Gasteiger charge is -2.33.